The van der Waals surface area contributed by atoms with Crippen molar-refractivity contribution in [2.75, 3.05) is 20.2 Å². The van der Waals surface area contributed by atoms with Gasteiger partial charge < -0.3 is 19.5 Å². The highest BCUT2D eigenvalue weighted by atomic mass is 19.1. The molecular weight excluding hydrogens is 317 g/mol. The topological polar surface area (TPSA) is 76.1 Å². The molecule has 6 nitrogen and oxygen atoms in total. The van der Waals surface area contributed by atoms with Crippen LogP contribution >= 0.6 is 0 Å². The number of carboxylic acids is 1. The van der Waals surface area contributed by atoms with Gasteiger partial charge in [0.15, 0.2) is 11.6 Å². The van der Waals surface area contributed by atoms with E-state index in [0.29, 0.717) is 5.56 Å². The minimum atomic E-state index is -1.03. The summed E-state index contributed by atoms with van der Waals surface area (Å²) in [6, 6.07) is 4.35. The lowest BCUT2D eigenvalue weighted by molar-refractivity contribution is -0.141. The zero-order chi connectivity index (χ0) is 18.1. The Morgan fingerprint density at radius 2 is 1.96 bits per heavy atom. The molecule has 1 aliphatic heterocycles. The van der Waals surface area contributed by atoms with Crippen molar-refractivity contribution < 1.29 is 28.6 Å². The molecule has 1 aliphatic rings. The highest BCUT2D eigenvalue weighted by molar-refractivity contribution is 5.76. The number of benzene rings is 1. The van der Waals surface area contributed by atoms with E-state index < -0.39 is 35.3 Å². The normalized spacial score (nSPS) is 20.8. The van der Waals surface area contributed by atoms with E-state index in [1.54, 1.807) is 26.8 Å². The number of rotatable bonds is 3. The number of ether oxygens (including phenoxy) is 2. The first-order chi connectivity index (χ1) is 11.1. The molecular formula is C17H22FNO5. The maximum Gasteiger partial charge on any atom is 0.410 e. The quantitative estimate of drug-likeness (QED) is 0.916. The Labute approximate surface area is 140 Å². The van der Waals surface area contributed by atoms with Crippen molar-refractivity contribution in [1.82, 2.24) is 4.90 Å². The minimum Gasteiger partial charge on any atom is -0.494 e. The van der Waals surface area contributed by atoms with Crippen molar-refractivity contribution in [1.29, 1.82) is 0 Å². The van der Waals surface area contributed by atoms with Gasteiger partial charge in [0, 0.05) is 19.0 Å². The fraction of sp³-hybridized carbons (Fsp3) is 0.529. The molecule has 0 aromatic heterocycles. The maximum absolute atomic E-state index is 13.9. The summed E-state index contributed by atoms with van der Waals surface area (Å²) in [6.45, 7) is 5.42. The number of likely N-dealkylation sites (tertiary alicyclic amines) is 1. The molecule has 0 spiro atoms. The molecule has 2 atom stereocenters. The van der Waals surface area contributed by atoms with Gasteiger partial charge in [0.2, 0.25) is 0 Å². The number of amides is 1. The Balaban J connectivity index is 2.23. The number of carbonyl (C=O) groups excluding carboxylic acids is 1. The summed E-state index contributed by atoms with van der Waals surface area (Å²) >= 11 is 0. The van der Waals surface area contributed by atoms with E-state index in [-0.39, 0.29) is 18.8 Å². The molecule has 0 unspecified atom stereocenters. The van der Waals surface area contributed by atoms with Gasteiger partial charge in [0.05, 0.1) is 13.0 Å². The SMILES string of the molecule is COc1ccc([C@@H]2CN(C(=O)OC(C)(C)C)C[C@H]2C(=O)O)cc1F. The lowest BCUT2D eigenvalue weighted by Crippen LogP contribution is -2.35. The smallest absolute Gasteiger partial charge is 0.410 e. The minimum absolute atomic E-state index is 0.0303. The van der Waals surface area contributed by atoms with Crippen molar-refractivity contribution in [3.63, 3.8) is 0 Å². The molecule has 0 aliphatic carbocycles. The number of hydrogen-bond acceptors (Lipinski definition) is 4. The highest BCUT2D eigenvalue weighted by Gasteiger charge is 2.42. The Bertz CT molecular complexity index is 640. The van der Waals surface area contributed by atoms with Crippen LogP contribution in [0.2, 0.25) is 0 Å². The van der Waals surface area contributed by atoms with Crippen LogP contribution in [0, 0.1) is 11.7 Å². The van der Waals surface area contributed by atoms with Gasteiger partial charge >= 0.3 is 12.1 Å². The van der Waals surface area contributed by atoms with Crippen LogP contribution in [-0.2, 0) is 9.53 Å². The van der Waals surface area contributed by atoms with Gasteiger partial charge in [-0.15, -0.1) is 0 Å². The third-order valence-corrected chi connectivity index (χ3v) is 3.89. The van der Waals surface area contributed by atoms with Crippen LogP contribution in [0.4, 0.5) is 9.18 Å². The van der Waals surface area contributed by atoms with Crippen molar-refractivity contribution in [3.05, 3.63) is 29.6 Å². The third kappa shape index (κ3) is 3.96. The largest absolute Gasteiger partial charge is 0.494 e. The van der Waals surface area contributed by atoms with Crippen LogP contribution < -0.4 is 4.74 Å². The fourth-order valence-corrected chi connectivity index (χ4v) is 2.78. The van der Waals surface area contributed by atoms with Gasteiger partial charge in [0.25, 0.3) is 0 Å². The summed E-state index contributed by atoms with van der Waals surface area (Å²) < 4.78 is 24.1. The molecule has 1 fully saturated rings. The van der Waals surface area contributed by atoms with E-state index in [1.807, 2.05) is 0 Å². The third-order valence-electron chi connectivity index (χ3n) is 3.89. The van der Waals surface area contributed by atoms with E-state index in [2.05, 4.69) is 0 Å². The number of hydrogen-bond donors (Lipinski definition) is 1. The molecule has 0 radical (unpaired) electrons. The summed E-state index contributed by atoms with van der Waals surface area (Å²) in [5, 5.41) is 9.45. The van der Waals surface area contributed by atoms with Crippen molar-refractivity contribution in [2.45, 2.75) is 32.3 Å². The molecule has 1 aromatic rings. The van der Waals surface area contributed by atoms with Gasteiger partial charge in [-0.2, -0.15) is 0 Å². The summed E-state index contributed by atoms with van der Waals surface area (Å²) in [7, 11) is 1.36. The molecule has 0 bridgehead atoms. The number of aliphatic carboxylic acids is 1. The van der Waals surface area contributed by atoms with E-state index in [0.717, 1.165) is 0 Å². The Kier molecular flexibility index (Phi) is 5.01. The highest BCUT2D eigenvalue weighted by Crippen LogP contribution is 2.35. The second-order valence-corrected chi connectivity index (χ2v) is 6.83. The van der Waals surface area contributed by atoms with Gasteiger partial charge in [0.1, 0.15) is 5.60 Å². The van der Waals surface area contributed by atoms with Gasteiger partial charge in [-0.1, -0.05) is 6.07 Å². The molecule has 24 heavy (non-hydrogen) atoms. The molecule has 0 saturated carbocycles. The van der Waals surface area contributed by atoms with Gasteiger partial charge in [-0.25, -0.2) is 9.18 Å². The van der Waals surface area contributed by atoms with E-state index in [4.69, 9.17) is 9.47 Å². The average Bonchev–Trinajstić information content (AvgIpc) is 2.91. The van der Waals surface area contributed by atoms with Crippen molar-refractivity contribution in [3.8, 4) is 5.75 Å². The number of methoxy groups -OCH3 is 1. The van der Waals surface area contributed by atoms with Crippen LogP contribution in [-0.4, -0.2) is 47.9 Å². The van der Waals surface area contributed by atoms with Crippen LogP contribution in [0.25, 0.3) is 0 Å². The van der Waals surface area contributed by atoms with E-state index in [9.17, 15) is 19.1 Å². The second kappa shape index (κ2) is 6.67. The Hall–Kier alpha value is -2.31. The molecule has 1 N–H and O–H groups in total. The number of nitrogens with zero attached hydrogens (tertiary/aromatic N) is 1. The molecule has 132 valence electrons. The van der Waals surface area contributed by atoms with Crippen LogP contribution in [0.3, 0.4) is 0 Å². The first-order valence-corrected chi connectivity index (χ1v) is 7.66. The Morgan fingerprint density at radius 1 is 1.29 bits per heavy atom. The first kappa shape index (κ1) is 18.0. The lowest BCUT2D eigenvalue weighted by Gasteiger charge is -2.24. The average molecular weight is 339 g/mol. The predicted molar refractivity (Wildman–Crippen MR) is 84.6 cm³/mol. The van der Waals surface area contributed by atoms with E-state index in [1.165, 1.54) is 24.1 Å². The summed E-state index contributed by atoms with van der Waals surface area (Å²) in [5.74, 6) is -2.81. The summed E-state index contributed by atoms with van der Waals surface area (Å²) in [5.41, 5.74) is -0.146. The molecule has 1 aromatic carbocycles. The number of halogens is 1. The molecule has 2 rings (SSSR count). The number of carboxylic acid groups (broad SMARTS) is 1. The first-order valence-electron chi connectivity index (χ1n) is 7.66. The molecule has 1 amide bonds. The lowest BCUT2D eigenvalue weighted by atomic mass is 9.89. The van der Waals surface area contributed by atoms with Crippen LogP contribution in [0.1, 0.15) is 32.3 Å². The standard InChI is InChI=1S/C17H22FNO5/c1-17(2,3)24-16(22)19-8-11(12(9-19)15(20)21)10-5-6-14(23-4)13(18)7-10/h5-7,11-12H,8-9H2,1-4H3,(H,20,21)/t11-,12+/m0/s1. The molecule has 1 saturated heterocycles. The van der Waals surface area contributed by atoms with Crippen LogP contribution in [0.15, 0.2) is 18.2 Å². The molecule has 1 heterocycles. The summed E-state index contributed by atoms with van der Waals surface area (Å²) in [6.07, 6.45) is -0.565. The number of carbonyl (C=O) groups is 2. The van der Waals surface area contributed by atoms with Crippen molar-refractivity contribution in [2.24, 2.45) is 5.92 Å². The maximum atomic E-state index is 13.9. The van der Waals surface area contributed by atoms with Crippen molar-refractivity contribution >= 4 is 12.1 Å². The monoisotopic (exact) mass is 339 g/mol. The summed E-state index contributed by atoms with van der Waals surface area (Å²) in [4.78, 5) is 25.1. The zero-order valence-corrected chi connectivity index (χ0v) is 14.2. The van der Waals surface area contributed by atoms with E-state index >= 15 is 0 Å². The molecule has 7 heteroatoms. The second-order valence-electron chi connectivity index (χ2n) is 6.83. The Morgan fingerprint density at radius 3 is 2.46 bits per heavy atom. The van der Waals surface area contributed by atoms with Gasteiger partial charge in [-0.05, 0) is 38.5 Å². The fourth-order valence-electron chi connectivity index (χ4n) is 2.78. The van der Waals surface area contributed by atoms with Gasteiger partial charge in [-0.3, -0.25) is 4.79 Å². The predicted octanol–water partition coefficient (Wildman–Crippen LogP) is 2.87. The zero-order valence-electron chi connectivity index (χ0n) is 14.2. The van der Waals surface area contributed by atoms with Crippen LogP contribution in [0.5, 0.6) is 5.75 Å².